The molecule has 1 amide bonds. The number of rotatable bonds is 4. The molecule has 3 aromatic rings. The molecule has 126 valence electrons. The minimum atomic E-state index is -0.427. The largest absolute Gasteiger partial charge is 0.442 e. The number of nitrogens with zero attached hydrogens (tertiary/aromatic N) is 3. The Bertz CT molecular complexity index is 910. The number of carbonyl (C=O) groups excluding carboxylic acids is 1. The fourth-order valence-corrected chi connectivity index (χ4v) is 2.76. The first kappa shape index (κ1) is 15.3. The molecule has 0 unspecified atom stereocenters. The zero-order valence-electron chi connectivity index (χ0n) is 13.2. The summed E-state index contributed by atoms with van der Waals surface area (Å²) < 4.78 is 21.1. The van der Waals surface area contributed by atoms with Crippen molar-refractivity contribution in [3.05, 3.63) is 60.7 Å². The number of amides is 1. The molecule has 0 bridgehead atoms. The Morgan fingerprint density at radius 2 is 2.04 bits per heavy atom. The Balaban J connectivity index is 1.54. The van der Waals surface area contributed by atoms with Crippen LogP contribution >= 0.6 is 0 Å². The average molecular weight is 338 g/mol. The predicted octanol–water partition coefficient (Wildman–Crippen LogP) is 2.86. The van der Waals surface area contributed by atoms with Crippen LogP contribution in [-0.2, 0) is 11.3 Å². The fourth-order valence-electron chi connectivity index (χ4n) is 2.76. The highest BCUT2D eigenvalue weighted by molar-refractivity contribution is 5.69. The molecule has 1 saturated heterocycles. The third-order valence-corrected chi connectivity index (χ3v) is 3.99. The molecule has 2 heterocycles. The van der Waals surface area contributed by atoms with Crippen molar-refractivity contribution < 1.29 is 13.9 Å². The first-order valence-corrected chi connectivity index (χ1v) is 7.88. The second-order valence-electron chi connectivity index (χ2n) is 5.76. The van der Waals surface area contributed by atoms with Crippen LogP contribution in [0, 0.1) is 5.82 Å². The Morgan fingerprint density at radius 3 is 2.76 bits per heavy atom. The van der Waals surface area contributed by atoms with Crippen molar-refractivity contribution in [2.75, 3.05) is 6.54 Å². The minimum absolute atomic E-state index is 0.278. The van der Waals surface area contributed by atoms with Gasteiger partial charge in [-0.3, -0.25) is 0 Å². The molecule has 1 aromatic heterocycles. The van der Waals surface area contributed by atoms with Gasteiger partial charge in [-0.2, -0.15) is 5.10 Å². The summed E-state index contributed by atoms with van der Waals surface area (Å²) in [7, 11) is 0. The van der Waals surface area contributed by atoms with Gasteiger partial charge in [0, 0.05) is 11.1 Å². The monoisotopic (exact) mass is 338 g/mol. The summed E-state index contributed by atoms with van der Waals surface area (Å²) in [5, 5.41) is 6.92. The van der Waals surface area contributed by atoms with Gasteiger partial charge in [-0.1, -0.05) is 42.5 Å². The number of halogens is 1. The molecular weight excluding hydrogens is 323 g/mol. The molecule has 25 heavy (non-hydrogen) atoms. The molecule has 7 heteroatoms. The van der Waals surface area contributed by atoms with Gasteiger partial charge < -0.3 is 10.1 Å². The molecule has 1 aliphatic rings. The highest BCUT2D eigenvalue weighted by Crippen LogP contribution is 2.26. The number of aromatic nitrogens is 3. The topological polar surface area (TPSA) is 69.0 Å². The molecule has 0 spiro atoms. The van der Waals surface area contributed by atoms with Gasteiger partial charge in [-0.05, 0) is 11.6 Å². The molecule has 1 N–H and O–H groups in total. The number of hydrogen-bond acceptors (Lipinski definition) is 4. The number of benzene rings is 2. The summed E-state index contributed by atoms with van der Waals surface area (Å²) in [6.07, 6.45) is 0.841. The van der Waals surface area contributed by atoms with Crippen LogP contribution in [0.4, 0.5) is 9.18 Å². The van der Waals surface area contributed by atoms with Crippen molar-refractivity contribution >= 4 is 6.09 Å². The van der Waals surface area contributed by atoms with Crippen LogP contribution < -0.4 is 5.32 Å². The zero-order valence-corrected chi connectivity index (χ0v) is 13.2. The molecule has 0 radical (unpaired) electrons. The minimum Gasteiger partial charge on any atom is -0.442 e. The van der Waals surface area contributed by atoms with E-state index >= 15 is 0 Å². The molecule has 6 nitrogen and oxygen atoms in total. The van der Waals surface area contributed by atoms with Gasteiger partial charge in [0.05, 0.1) is 13.1 Å². The quantitative estimate of drug-likeness (QED) is 0.794. The van der Waals surface area contributed by atoms with Crippen LogP contribution in [0.15, 0.2) is 54.9 Å². The maximum absolute atomic E-state index is 14.5. The Morgan fingerprint density at radius 1 is 1.20 bits per heavy atom. The lowest BCUT2D eigenvalue weighted by atomic mass is 10.0. The van der Waals surface area contributed by atoms with Crippen molar-refractivity contribution in [1.82, 2.24) is 20.1 Å². The molecule has 2 aromatic carbocycles. The summed E-state index contributed by atoms with van der Waals surface area (Å²) in [5.41, 5.74) is 1.95. The van der Waals surface area contributed by atoms with Gasteiger partial charge in [0.1, 0.15) is 18.2 Å². The molecule has 1 aliphatic heterocycles. The summed E-state index contributed by atoms with van der Waals surface area (Å²) in [6.45, 7) is 0.838. The first-order chi connectivity index (χ1) is 12.2. The van der Waals surface area contributed by atoms with Gasteiger partial charge in [0.25, 0.3) is 0 Å². The van der Waals surface area contributed by atoms with E-state index in [-0.39, 0.29) is 11.9 Å². The van der Waals surface area contributed by atoms with E-state index < -0.39 is 6.09 Å². The lowest BCUT2D eigenvalue weighted by Crippen LogP contribution is -2.20. The van der Waals surface area contributed by atoms with E-state index in [2.05, 4.69) is 15.4 Å². The predicted molar refractivity (Wildman–Crippen MR) is 89.1 cm³/mol. The second kappa shape index (κ2) is 6.35. The van der Waals surface area contributed by atoms with Crippen molar-refractivity contribution in [3.63, 3.8) is 0 Å². The molecular formula is C18H15FN4O2. The Labute approximate surface area is 143 Å². The Kier molecular flexibility index (Phi) is 3.89. The van der Waals surface area contributed by atoms with Gasteiger partial charge in [0.2, 0.25) is 0 Å². The maximum Gasteiger partial charge on any atom is 0.407 e. The van der Waals surface area contributed by atoms with Gasteiger partial charge in [0.15, 0.2) is 5.82 Å². The number of cyclic esters (lactones) is 1. The smallest absolute Gasteiger partial charge is 0.407 e. The average Bonchev–Trinajstić information content (AvgIpc) is 3.25. The van der Waals surface area contributed by atoms with Gasteiger partial charge in [-0.15, -0.1) is 0 Å². The fraction of sp³-hybridized carbons (Fsp3) is 0.167. The van der Waals surface area contributed by atoms with Crippen LogP contribution in [0.25, 0.3) is 22.5 Å². The van der Waals surface area contributed by atoms with Crippen molar-refractivity contribution in [3.8, 4) is 22.5 Å². The second-order valence-corrected chi connectivity index (χ2v) is 5.76. The van der Waals surface area contributed by atoms with Crippen LogP contribution in [-0.4, -0.2) is 33.5 Å². The molecule has 4 rings (SSSR count). The van der Waals surface area contributed by atoms with Crippen LogP contribution in [0.1, 0.15) is 0 Å². The van der Waals surface area contributed by atoms with Crippen LogP contribution in [0.2, 0.25) is 0 Å². The molecule has 0 aliphatic carbocycles. The summed E-state index contributed by atoms with van der Waals surface area (Å²) in [6, 6.07) is 14.3. The lowest BCUT2D eigenvalue weighted by Gasteiger charge is -2.06. The lowest BCUT2D eigenvalue weighted by molar-refractivity contribution is 0.128. The number of nitrogens with one attached hydrogen (secondary N) is 1. The van der Waals surface area contributed by atoms with Crippen LogP contribution in [0.3, 0.4) is 0 Å². The van der Waals surface area contributed by atoms with Crippen molar-refractivity contribution in [2.24, 2.45) is 0 Å². The van der Waals surface area contributed by atoms with Crippen LogP contribution in [0.5, 0.6) is 0 Å². The zero-order chi connectivity index (χ0) is 17.2. The Hall–Kier alpha value is -3.22. The SMILES string of the molecule is O=C1NC[C@H](Cn2cnc(-c3ccc(-c4ccccc4)c(F)c3)n2)O1. The number of ether oxygens (including phenoxy) is 1. The molecule has 0 saturated carbocycles. The van der Waals surface area contributed by atoms with Crippen molar-refractivity contribution in [2.45, 2.75) is 12.6 Å². The van der Waals surface area contributed by atoms with E-state index in [1.165, 1.54) is 6.07 Å². The molecule has 1 atom stereocenters. The standard InChI is InChI=1S/C18H15FN4O2/c19-16-8-13(6-7-15(16)12-4-2-1-3-5-12)17-21-11-23(22-17)10-14-9-20-18(24)25-14/h1-8,11,14H,9-10H2,(H,20,24)/t14-/m1/s1. The number of alkyl carbamates (subject to hydrolysis) is 1. The normalized spacial score (nSPS) is 16.5. The number of hydrogen-bond donors (Lipinski definition) is 1. The van der Waals surface area contributed by atoms with Gasteiger partial charge in [-0.25, -0.2) is 18.9 Å². The highest BCUT2D eigenvalue weighted by Gasteiger charge is 2.23. The third-order valence-electron chi connectivity index (χ3n) is 3.99. The van der Waals surface area contributed by atoms with E-state index in [0.717, 1.165) is 5.56 Å². The van der Waals surface area contributed by atoms with E-state index in [1.54, 1.807) is 23.1 Å². The van der Waals surface area contributed by atoms with E-state index in [4.69, 9.17) is 4.74 Å². The van der Waals surface area contributed by atoms with E-state index in [9.17, 15) is 9.18 Å². The maximum atomic E-state index is 14.5. The summed E-state index contributed by atoms with van der Waals surface area (Å²) in [4.78, 5) is 15.3. The third kappa shape index (κ3) is 3.21. The van der Waals surface area contributed by atoms with Crippen molar-refractivity contribution in [1.29, 1.82) is 0 Å². The number of carbonyl (C=O) groups is 1. The molecule has 1 fully saturated rings. The summed E-state index contributed by atoms with van der Waals surface area (Å²) in [5.74, 6) is 0.102. The van der Waals surface area contributed by atoms with E-state index in [1.807, 2.05) is 30.3 Å². The highest BCUT2D eigenvalue weighted by atomic mass is 19.1. The van der Waals surface area contributed by atoms with Gasteiger partial charge >= 0.3 is 6.09 Å². The first-order valence-electron chi connectivity index (χ1n) is 7.88. The van der Waals surface area contributed by atoms with E-state index in [0.29, 0.717) is 30.0 Å². The summed E-state index contributed by atoms with van der Waals surface area (Å²) >= 11 is 0.